The van der Waals surface area contributed by atoms with E-state index in [4.69, 9.17) is 11.6 Å². The van der Waals surface area contributed by atoms with Gasteiger partial charge in [-0.1, -0.05) is 78.3 Å². The van der Waals surface area contributed by atoms with Crippen LogP contribution in [0, 0.1) is 0 Å². The molecule has 0 saturated heterocycles. The van der Waals surface area contributed by atoms with Crippen molar-refractivity contribution in [2.45, 2.75) is 13.1 Å². The molecule has 0 spiro atoms. The van der Waals surface area contributed by atoms with Crippen molar-refractivity contribution in [3.05, 3.63) is 130 Å². The van der Waals surface area contributed by atoms with Gasteiger partial charge in [-0.3, -0.25) is 4.79 Å². The number of amides is 1. The Morgan fingerprint density at radius 2 is 1.26 bits per heavy atom. The minimum absolute atomic E-state index is 0. The van der Waals surface area contributed by atoms with Gasteiger partial charge in [0, 0.05) is 23.7 Å². The molecule has 0 fully saturated rings. The van der Waals surface area contributed by atoms with Crippen molar-refractivity contribution >= 4 is 23.5 Å². The number of carboxylic acid groups (broad SMARTS) is 1. The van der Waals surface area contributed by atoms with Crippen LogP contribution in [0.3, 0.4) is 0 Å². The fraction of sp³-hybridized carbons (Fsp3) is 0.0714. The Morgan fingerprint density at radius 1 is 0.676 bits per heavy atom. The summed E-state index contributed by atoms with van der Waals surface area (Å²) in [6.07, 6.45) is 0. The number of hydrogen-bond acceptors (Lipinski definition) is 3. The topological polar surface area (TPSA) is 60.4 Å². The maximum atomic E-state index is 13.4. The van der Waals surface area contributed by atoms with E-state index in [9.17, 15) is 14.7 Å². The number of carboxylic acids is 1. The van der Waals surface area contributed by atoms with Crippen LogP contribution in [0.25, 0.3) is 11.1 Å². The summed E-state index contributed by atoms with van der Waals surface area (Å²) in [7, 11) is 0. The molecule has 4 rings (SSSR count). The maximum Gasteiger partial charge on any atom is 1.00 e. The van der Waals surface area contributed by atoms with Gasteiger partial charge < -0.3 is 14.8 Å². The van der Waals surface area contributed by atoms with Crippen molar-refractivity contribution in [3.8, 4) is 11.1 Å². The molecule has 0 aliphatic rings. The van der Waals surface area contributed by atoms with Crippen molar-refractivity contribution in [1.82, 2.24) is 4.90 Å². The van der Waals surface area contributed by atoms with Gasteiger partial charge in [0.2, 0.25) is 0 Å². The summed E-state index contributed by atoms with van der Waals surface area (Å²) in [5.74, 6) is -1.31. The molecule has 6 heteroatoms. The molecule has 0 saturated carbocycles. The molecule has 0 aliphatic heterocycles. The molecule has 1 amide bonds. The van der Waals surface area contributed by atoms with E-state index < -0.39 is 5.97 Å². The summed E-state index contributed by atoms with van der Waals surface area (Å²) in [5.41, 5.74) is 4.29. The first-order valence-electron chi connectivity index (χ1n) is 10.5. The van der Waals surface area contributed by atoms with E-state index in [1.165, 1.54) is 6.07 Å². The predicted molar refractivity (Wildman–Crippen MR) is 128 cm³/mol. The number of aromatic carboxylic acids is 1. The van der Waals surface area contributed by atoms with Crippen LogP contribution in [0.4, 0.5) is 0 Å². The van der Waals surface area contributed by atoms with Gasteiger partial charge in [0.25, 0.3) is 5.91 Å². The Hall–Kier alpha value is -2.89. The molecule has 0 aromatic heterocycles. The average molecular weight is 478 g/mol. The number of rotatable bonds is 7. The SMILES string of the molecule is O=C([O-])c1cccc(-c2cccc(CN(Cc3ccccc3)C(=O)c3ccc(Cl)cc3)c2)c1.[Na+]. The van der Waals surface area contributed by atoms with Crippen LogP contribution in [0.15, 0.2) is 103 Å². The normalized spacial score (nSPS) is 10.3. The standard InChI is InChI=1S/C28H22ClNO3.Na/c29-26-14-12-22(13-15-26)27(31)30(18-20-6-2-1-3-7-20)19-21-8-4-9-23(16-21)24-10-5-11-25(17-24)28(32)33;/h1-17H,18-19H2,(H,32,33);/q;+1/p-1. The molecule has 0 N–H and O–H groups in total. The second-order valence-electron chi connectivity index (χ2n) is 7.72. The van der Waals surface area contributed by atoms with Gasteiger partial charge >= 0.3 is 29.6 Å². The maximum absolute atomic E-state index is 13.4. The van der Waals surface area contributed by atoms with Crippen molar-refractivity contribution in [1.29, 1.82) is 0 Å². The van der Waals surface area contributed by atoms with Gasteiger partial charge in [0.05, 0.1) is 5.97 Å². The van der Waals surface area contributed by atoms with Gasteiger partial charge in [-0.15, -0.1) is 0 Å². The van der Waals surface area contributed by atoms with Crippen molar-refractivity contribution in [3.63, 3.8) is 0 Å². The van der Waals surface area contributed by atoms with E-state index in [-0.39, 0.29) is 41.0 Å². The first-order chi connectivity index (χ1) is 16.0. The van der Waals surface area contributed by atoms with E-state index in [0.717, 1.165) is 22.3 Å². The van der Waals surface area contributed by atoms with Crippen LogP contribution in [0.1, 0.15) is 31.8 Å². The minimum atomic E-state index is -1.21. The van der Waals surface area contributed by atoms with Crippen LogP contribution < -0.4 is 34.7 Å². The van der Waals surface area contributed by atoms with E-state index in [1.807, 2.05) is 60.7 Å². The van der Waals surface area contributed by atoms with Crippen molar-refractivity contribution in [2.24, 2.45) is 0 Å². The van der Waals surface area contributed by atoms with E-state index in [1.54, 1.807) is 41.3 Å². The van der Waals surface area contributed by atoms with Crippen molar-refractivity contribution < 1.29 is 44.3 Å². The zero-order valence-corrected chi connectivity index (χ0v) is 21.5. The molecule has 0 heterocycles. The second kappa shape index (κ2) is 12.0. The van der Waals surface area contributed by atoms with Gasteiger partial charge in [0.1, 0.15) is 0 Å². The predicted octanol–water partition coefficient (Wildman–Crippen LogP) is 2.22. The summed E-state index contributed by atoms with van der Waals surface area (Å²) in [6.45, 7) is 0.844. The van der Waals surface area contributed by atoms with Crippen LogP contribution in [-0.4, -0.2) is 16.8 Å². The number of nitrogens with zero attached hydrogens (tertiary/aromatic N) is 1. The fourth-order valence-electron chi connectivity index (χ4n) is 3.67. The molecule has 0 bridgehead atoms. The molecule has 4 aromatic rings. The fourth-order valence-corrected chi connectivity index (χ4v) is 3.80. The number of hydrogen-bond donors (Lipinski definition) is 0. The van der Waals surface area contributed by atoms with Gasteiger partial charge in [-0.05, 0) is 64.2 Å². The van der Waals surface area contributed by atoms with Crippen molar-refractivity contribution in [2.75, 3.05) is 0 Å². The first kappa shape index (κ1) is 25.7. The quantitative estimate of drug-likeness (QED) is 0.383. The van der Waals surface area contributed by atoms with Gasteiger partial charge in [-0.25, -0.2) is 0 Å². The van der Waals surface area contributed by atoms with Gasteiger partial charge in [-0.2, -0.15) is 0 Å². The van der Waals surface area contributed by atoms with E-state index >= 15 is 0 Å². The van der Waals surface area contributed by atoms with Crippen LogP contribution in [0.2, 0.25) is 5.02 Å². The monoisotopic (exact) mass is 477 g/mol. The summed E-state index contributed by atoms with van der Waals surface area (Å²) in [4.78, 5) is 26.4. The number of carbonyl (C=O) groups excluding carboxylic acids is 2. The Labute approximate surface area is 226 Å². The first-order valence-corrected chi connectivity index (χ1v) is 10.9. The van der Waals surface area contributed by atoms with Gasteiger partial charge in [0.15, 0.2) is 0 Å². The Morgan fingerprint density at radius 3 is 1.94 bits per heavy atom. The third-order valence-corrected chi connectivity index (χ3v) is 5.58. The second-order valence-corrected chi connectivity index (χ2v) is 8.16. The van der Waals surface area contributed by atoms with E-state index in [0.29, 0.717) is 23.7 Å². The third kappa shape index (κ3) is 6.58. The molecule has 4 nitrogen and oxygen atoms in total. The smallest absolute Gasteiger partial charge is 0.545 e. The molecule has 0 unspecified atom stereocenters. The average Bonchev–Trinajstić information content (AvgIpc) is 2.84. The Kier molecular flexibility index (Phi) is 9.08. The van der Waals surface area contributed by atoms with Crippen LogP contribution >= 0.6 is 11.6 Å². The Balaban J connectivity index is 0.00000324. The molecule has 0 aliphatic carbocycles. The zero-order chi connectivity index (χ0) is 23.2. The molecular formula is C28H21ClNNaO3. The van der Waals surface area contributed by atoms with E-state index in [2.05, 4.69) is 0 Å². The van der Waals surface area contributed by atoms with Crippen LogP contribution in [-0.2, 0) is 13.1 Å². The van der Waals surface area contributed by atoms with Crippen LogP contribution in [0.5, 0.6) is 0 Å². The molecule has 164 valence electrons. The minimum Gasteiger partial charge on any atom is -0.545 e. The molecule has 0 radical (unpaired) electrons. The summed E-state index contributed by atoms with van der Waals surface area (Å²) in [6, 6.07) is 31.1. The molecule has 0 atom stereocenters. The summed E-state index contributed by atoms with van der Waals surface area (Å²) in [5, 5.41) is 11.8. The Bertz CT molecular complexity index is 1280. The molecule has 34 heavy (non-hydrogen) atoms. The largest absolute Gasteiger partial charge is 1.00 e. The summed E-state index contributed by atoms with van der Waals surface area (Å²) >= 11 is 6.00. The number of benzene rings is 4. The summed E-state index contributed by atoms with van der Waals surface area (Å²) < 4.78 is 0. The molecular weight excluding hydrogens is 457 g/mol. The molecule has 4 aromatic carbocycles. The zero-order valence-electron chi connectivity index (χ0n) is 18.8. The number of halogens is 1. The number of carbonyl (C=O) groups is 2. The third-order valence-electron chi connectivity index (χ3n) is 5.33.